The maximum atomic E-state index is 12.0. The van der Waals surface area contributed by atoms with Crippen LogP contribution < -0.4 is 0 Å². The van der Waals surface area contributed by atoms with Crippen LogP contribution in [0.5, 0.6) is 0 Å². The summed E-state index contributed by atoms with van der Waals surface area (Å²) in [6.07, 6.45) is 6.56. The number of amides is 2. The zero-order chi connectivity index (χ0) is 15.3. The van der Waals surface area contributed by atoms with E-state index in [-0.39, 0.29) is 18.1 Å². The number of carbonyl (C=O) groups excluding carboxylic acids is 2. The van der Waals surface area contributed by atoms with E-state index in [1.165, 1.54) is 11.0 Å². The number of nitrogens with zero attached hydrogens (tertiary/aromatic N) is 2. The molecule has 1 saturated heterocycles. The summed E-state index contributed by atoms with van der Waals surface area (Å²) in [6, 6.07) is 0. The van der Waals surface area contributed by atoms with Crippen LogP contribution in [0.15, 0.2) is 36.6 Å². The van der Waals surface area contributed by atoms with Gasteiger partial charge in [0.15, 0.2) is 6.23 Å². The van der Waals surface area contributed by atoms with Crippen molar-refractivity contribution in [3.63, 3.8) is 0 Å². The number of carbonyl (C=O) groups is 2. The molecule has 20 heavy (non-hydrogen) atoms. The van der Waals surface area contributed by atoms with Crippen molar-refractivity contribution in [3.8, 4) is 0 Å². The van der Waals surface area contributed by atoms with Gasteiger partial charge in [-0.05, 0) is 12.3 Å². The van der Waals surface area contributed by atoms with Crippen LogP contribution in [0.3, 0.4) is 0 Å². The molecule has 5 heteroatoms. The third kappa shape index (κ3) is 4.06. The summed E-state index contributed by atoms with van der Waals surface area (Å²) in [5.74, 6) is -0.238. The summed E-state index contributed by atoms with van der Waals surface area (Å²) < 4.78 is 0. The number of hydrogen-bond acceptors (Lipinski definition) is 3. The molecule has 1 N–H and O–H groups in total. The van der Waals surface area contributed by atoms with Crippen molar-refractivity contribution in [1.29, 1.82) is 0 Å². The number of rotatable bonds is 4. The van der Waals surface area contributed by atoms with Crippen LogP contribution in [0.4, 0.5) is 0 Å². The smallest absolute Gasteiger partial charge is 0.269 e. The first-order valence-electron chi connectivity index (χ1n) is 6.63. The third-order valence-corrected chi connectivity index (χ3v) is 2.95. The Balaban J connectivity index is 2.66. The predicted molar refractivity (Wildman–Crippen MR) is 77.4 cm³/mol. The van der Waals surface area contributed by atoms with E-state index < -0.39 is 12.1 Å². The van der Waals surface area contributed by atoms with Crippen molar-refractivity contribution in [3.05, 3.63) is 36.6 Å². The summed E-state index contributed by atoms with van der Waals surface area (Å²) in [4.78, 5) is 26.1. The molecule has 0 radical (unpaired) electrons. The minimum Gasteiger partial charge on any atom is -0.371 e. The highest BCUT2D eigenvalue weighted by Gasteiger charge is 2.34. The summed E-state index contributed by atoms with van der Waals surface area (Å²) >= 11 is 0. The second kappa shape index (κ2) is 7.05. The van der Waals surface area contributed by atoms with E-state index in [1.807, 2.05) is 6.08 Å². The molecule has 0 spiro atoms. The van der Waals surface area contributed by atoms with Gasteiger partial charge in [-0.15, -0.1) is 0 Å². The van der Waals surface area contributed by atoms with Gasteiger partial charge < -0.3 is 10.0 Å². The number of hydrogen-bond donors (Lipinski definition) is 1. The highest BCUT2D eigenvalue weighted by molar-refractivity contribution is 6.00. The molecule has 2 amide bonds. The Bertz CT molecular complexity index is 452. The van der Waals surface area contributed by atoms with Gasteiger partial charge in [0.1, 0.15) is 5.70 Å². The summed E-state index contributed by atoms with van der Waals surface area (Å²) in [5, 5.41) is 9.87. The molecular weight excluding hydrogens is 256 g/mol. The van der Waals surface area contributed by atoms with E-state index in [0.29, 0.717) is 5.92 Å². The van der Waals surface area contributed by atoms with Gasteiger partial charge in [0.2, 0.25) is 0 Å². The fourth-order valence-electron chi connectivity index (χ4n) is 1.84. The summed E-state index contributed by atoms with van der Waals surface area (Å²) in [7, 11) is 1.56. The minimum absolute atomic E-state index is 0.00735. The topological polar surface area (TPSA) is 60.9 Å². The number of aliphatic hydroxyl groups excluding tert-OH is 1. The van der Waals surface area contributed by atoms with Gasteiger partial charge in [0.05, 0.1) is 6.54 Å². The molecule has 110 valence electrons. The molecule has 0 aliphatic carbocycles. The summed E-state index contributed by atoms with van der Waals surface area (Å²) in [5.41, 5.74) is -0.00735. The molecule has 0 aromatic carbocycles. The Hall–Kier alpha value is -1.88. The zero-order valence-corrected chi connectivity index (χ0v) is 12.2. The van der Waals surface area contributed by atoms with E-state index in [2.05, 4.69) is 20.4 Å². The highest BCUT2D eigenvalue weighted by atomic mass is 16.3. The Morgan fingerprint density at radius 1 is 1.50 bits per heavy atom. The lowest BCUT2D eigenvalue weighted by Gasteiger charge is -2.37. The van der Waals surface area contributed by atoms with E-state index >= 15 is 0 Å². The van der Waals surface area contributed by atoms with Crippen LogP contribution in [0, 0.1) is 5.92 Å². The standard InChI is InChI=1S/C15H22N2O3/c1-11(2)8-6-5-7-9-13(18)17-12(3)15(20)16(4)10-14(17)19/h5-7,9,11,14,19H,3,8,10H2,1-2,4H3/b6-5-,9-7+/t14-/m1/s1. The minimum atomic E-state index is -1.05. The van der Waals surface area contributed by atoms with Gasteiger partial charge in [-0.25, -0.2) is 0 Å². The maximum Gasteiger partial charge on any atom is 0.269 e. The lowest BCUT2D eigenvalue weighted by molar-refractivity contribution is -0.148. The zero-order valence-electron chi connectivity index (χ0n) is 12.2. The molecule has 0 aromatic rings. The van der Waals surface area contributed by atoms with Crippen LogP contribution >= 0.6 is 0 Å². The van der Waals surface area contributed by atoms with Crippen LogP contribution in [0.1, 0.15) is 20.3 Å². The second-order valence-corrected chi connectivity index (χ2v) is 5.24. The average molecular weight is 278 g/mol. The van der Waals surface area contributed by atoms with Crippen molar-refractivity contribution in [2.75, 3.05) is 13.6 Å². The average Bonchev–Trinajstić information content (AvgIpc) is 2.35. The van der Waals surface area contributed by atoms with Gasteiger partial charge in [-0.3, -0.25) is 14.5 Å². The Morgan fingerprint density at radius 2 is 2.15 bits per heavy atom. The molecule has 0 bridgehead atoms. The van der Waals surface area contributed by atoms with Gasteiger partial charge in [-0.2, -0.15) is 0 Å². The number of aliphatic hydroxyl groups is 1. The molecule has 1 rings (SSSR count). The molecule has 0 aromatic heterocycles. The molecule has 1 aliphatic heterocycles. The Labute approximate surface area is 119 Å². The van der Waals surface area contributed by atoms with Crippen molar-refractivity contribution in [2.24, 2.45) is 5.92 Å². The van der Waals surface area contributed by atoms with Gasteiger partial charge in [0, 0.05) is 13.1 Å². The molecule has 1 atom stereocenters. The third-order valence-electron chi connectivity index (χ3n) is 2.95. The number of piperazine rings is 1. The molecule has 0 saturated carbocycles. The van der Waals surface area contributed by atoms with E-state index in [1.54, 1.807) is 19.2 Å². The first-order valence-corrected chi connectivity index (χ1v) is 6.63. The van der Waals surface area contributed by atoms with E-state index in [9.17, 15) is 14.7 Å². The number of allylic oxidation sites excluding steroid dienone is 3. The van der Waals surface area contributed by atoms with Crippen molar-refractivity contribution in [1.82, 2.24) is 9.80 Å². The molecule has 0 unspecified atom stereocenters. The largest absolute Gasteiger partial charge is 0.371 e. The first kappa shape index (κ1) is 16.2. The predicted octanol–water partition coefficient (Wildman–Crippen LogP) is 1.28. The highest BCUT2D eigenvalue weighted by Crippen LogP contribution is 2.17. The quantitative estimate of drug-likeness (QED) is 0.622. The molecular formula is C15H22N2O3. The van der Waals surface area contributed by atoms with Crippen LogP contribution in [-0.4, -0.2) is 46.5 Å². The summed E-state index contributed by atoms with van der Waals surface area (Å²) in [6.45, 7) is 7.87. The SMILES string of the molecule is C=C1C(=O)N(C)C[C@@H](O)N1C(=O)/C=C/C=C\CC(C)C. The van der Waals surface area contributed by atoms with Gasteiger partial charge in [0.25, 0.3) is 11.8 Å². The number of β-amino-alcohol motifs (C(OH)–C–C–N with tert-alkyl or cyclic N) is 1. The Kier molecular flexibility index (Phi) is 5.70. The molecule has 1 heterocycles. The van der Waals surface area contributed by atoms with Crippen molar-refractivity contribution >= 4 is 11.8 Å². The van der Waals surface area contributed by atoms with Gasteiger partial charge in [-0.1, -0.05) is 38.7 Å². The van der Waals surface area contributed by atoms with Crippen LogP contribution in [0.2, 0.25) is 0 Å². The van der Waals surface area contributed by atoms with Gasteiger partial charge >= 0.3 is 0 Å². The first-order chi connectivity index (χ1) is 9.34. The number of likely N-dealkylation sites (N-methyl/N-ethyl adjacent to an activating group) is 1. The van der Waals surface area contributed by atoms with Crippen molar-refractivity contribution < 1.29 is 14.7 Å². The van der Waals surface area contributed by atoms with Crippen LogP contribution in [-0.2, 0) is 9.59 Å². The van der Waals surface area contributed by atoms with E-state index in [4.69, 9.17) is 0 Å². The molecule has 1 fully saturated rings. The van der Waals surface area contributed by atoms with E-state index in [0.717, 1.165) is 11.3 Å². The molecule has 5 nitrogen and oxygen atoms in total. The monoisotopic (exact) mass is 278 g/mol. The Morgan fingerprint density at radius 3 is 2.75 bits per heavy atom. The maximum absolute atomic E-state index is 12.0. The lowest BCUT2D eigenvalue weighted by Crippen LogP contribution is -2.54. The second-order valence-electron chi connectivity index (χ2n) is 5.24. The lowest BCUT2D eigenvalue weighted by atomic mass is 10.1. The normalized spacial score (nSPS) is 20.8. The van der Waals surface area contributed by atoms with Crippen molar-refractivity contribution in [2.45, 2.75) is 26.5 Å². The molecule has 1 aliphatic rings. The fraction of sp³-hybridized carbons (Fsp3) is 0.467. The van der Waals surface area contributed by atoms with Crippen LogP contribution in [0.25, 0.3) is 0 Å². The fourth-order valence-corrected chi connectivity index (χ4v) is 1.84.